The van der Waals surface area contributed by atoms with Crippen LogP contribution in [0.2, 0.25) is 0 Å². The minimum atomic E-state index is -0.883. The van der Waals surface area contributed by atoms with Gasteiger partial charge in [-0.1, -0.05) is 74.5 Å². The highest BCUT2D eigenvalue weighted by Gasteiger charge is 2.31. The summed E-state index contributed by atoms with van der Waals surface area (Å²) in [5, 5.41) is 22.4. The first-order valence-corrected chi connectivity index (χ1v) is 8.69. The third-order valence-electron chi connectivity index (χ3n) is 4.34. The Morgan fingerprint density at radius 1 is 1.04 bits per heavy atom. The fourth-order valence-corrected chi connectivity index (χ4v) is 3.28. The number of nitrogens with zero attached hydrogens (tertiary/aromatic N) is 2. The molecule has 0 amide bonds. The average Bonchev–Trinajstić information content (AvgIpc) is 2.93. The van der Waals surface area contributed by atoms with E-state index in [1.54, 1.807) is 0 Å². The zero-order valence-electron chi connectivity index (χ0n) is 14.9. The summed E-state index contributed by atoms with van der Waals surface area (Å²) in [5.41, 5.74) is 3.04. The van der Waals surface area contributed by atoms with Crippen LogP contribution in [-0.2, 0) is 11.3 Å². The first kappa shape index (κ1) is 17.7. The van der Waals surface area contributed by atoms with Crippen LogP contribution >= 0.6 is 0 Å². The molecule has 1 aromatic heterocycles. The standard InChI is InChI=1S/C21H22N2O3/c1-15(2)21-22(14-13-18(24)25)19(16-9-5-3-6-10-16)20(23(21)26)17-11-7-4-8-12-17/h3-12,15H,13-14H2,1-2H3,(H,24,25). The molecule has 5 heteroatoms. The molecule has 0 fully saturated rings. The van der Waals surface area contributed by atoms with Crippen LogP contribution < -0.4 is 4.73 Å². The topological polar surface area (TPSA) is 69.2 Å². The van der Waals surface area contributed by atoms with Gasteiger partial charge in [-0.3, -0.25) is 4.79 Å². The van der Waals surface area contributed by atoms with Crippen molar-refractivity contribution in [3.8, 4) is 22.5 Å². The maximum atomic E-state index is 13.2. The quantitative estimate of drug-likeness (QED) is 0.538. The van der Waals surface area contributed by atoms with E-state index in [1.165, 1.54) is 0 Å². The van der Waals surface area contributed by atoms with E-state index in [2.05, 4.69) is 0 Å². The highest BCUT2D eigenvalue weighted by Crippen LogP contribution is 2.33. The highest BCUT2D eigenvalue weighted by atomic mass is 16.5. The lowest BCUT2D eigenvalue weighted by atomic mass is 10.0. The molecule has 0 radical (unpaired) electrons. The largest absolute Gasteiger partial charge is 0.710 e. The summed E-state index contributed by atoms with van der Waals surface area (Å²) in [5.74, 6) is -0.351. The van der Waals surface area contributed by atoms with Gasteiger partial charge in [0.05, 0.1) is 12.3 Å². The van der Waals surface area contributed by atoms with Crippen LogP contribution in [0.25, 0.3) is 22.5 Å². The number of hydrogen-bond donors (Lipinski definition) is 1. The number of imidazole rings is 1. The second-order valence-electron chi connectivity index (χ2n) is 6.53. The lowest BCUT2D eigenvalue weighted by molar-refractivity contribution is -0.603. The Bertz CT molecular complexity index is 900. The zero-order valence-corrected chi connectivity index (χ0v) is 14.9. The Labute approximate surface area is 152 Å². The monoisotopic (exact) mass is 350 g/mol. The molecule has 0 saturated carbocycles. The fourth-order valence-electron chi connectivity index (χ4n) is 3.28. The summed E-state index contributed by atoms with van der Waals surface area (Å²) in [6.07, 6.45) is -0.0392. The normalized spacial score (nSPS) is 11.0. The summed E-state index contributed by atoms with van der Waals surface area (Å²) in [6.45, 7) is 4.15. The summed E-state index contributed by atoms with van der Waals surface area (Å²) >= 11 is 0. The van der Waals surface area contributed by atoms with E-state index in [4.69, 9.17) is 5.11 Å². The van der Waals surface area contributed by atoms with Crippen molar-refractivity contribution in [2.75, 3.05) is 0 Å². The third kappa shape index (κ3) is 3.33. The van der Waals surface area contributed by atoms with Crippen molar-refractivity contribution in [2.45, 2.75) is 32.7 Å². The minimum Gasteiger partial charge on any atom is -0.710 e. The molecule has 0 aliphatic rings. The highest BCUT2D eigenvalue weighted by molar-refractivity contribution is 5.77. The zero-order chi connectivity index (χ0) is 18.7. The molecule has 1 N–H and O–H groups in total. The number of benzene rings is 2. The van der Waals surface area contributed by atoms with Gasteiger partial charge in [0, 0.05) is 11.1 Å². The summed E-state index contributed by atoms with van der Waals surface area (Å²) in [7, 11) is 0. The number of carbonyl (C=O) groups is 1. The van der Waals surface area contributed by atoms with Crippen molar-refractivity contribution < 1.29 is 14.6 Å². The molecule has 1 heterocycles. The van der Waals surface area contributed by atoms with E-state index in [0.29, 0.717) is 11.5 Å². The van der Waals surface area contributed by atoms with Gasteiger partial charge < -0.3 is 10.3 Å². The summed E-state index contributed by atoms with van der Waals surface area (Å²) < 4.78 is 2.83. The van der Waals surface area contributed by atoms with Crippen LogP contribution in [-0.4, -0.2) is 15.6 Å². The van der Waals surface area contributed by atoms with Crippen molar-refractivity contribution in [1.82, 2.24) is 4.57 Å². The maximum Gasteiger partial charge on any atom is 0.307 e. The van der Waals surface area contributed by atoms with Gasteiger partial charge in [-0.05, 0) is 0 Å². The van der Waals surface area contributed by atoms with Gasteiger partial charge in [0.15, 0.2) is 11.4 Å². The number of rotatable bonds is 6. The molecule has 5 nitrogen and oxygen atoms in total. The van der Waals surface area contributed by atoms with Crippen LogP contribution in [0.15, 0.2) is 60.7 Å². The summed E-state index contributed by atoms with van der Waals surface area (Å²) in [6, 6.07) is 19.2. The average molecular weight is 350 g/mol. The summed E-state index contributed by atoms with van der Waals surface area (Å²) in [4.78, 5) is 11.2. The number of aliphatic carboxylic acids is 1. The second kappa shape index (κ2) is 7.44. The molecule has 3 aromatic rings. The molecule has 0 aliphatic heterocycles. The fraction of sp³-hybridized carbons (Fsp3) is 0.238. The van der Waals surface area contributed by atoms with Crippen molar-refractivity contribution >= 4 is 5.97 Å². The first-order chi connectivity index (χ1) is 12.5. The van der Waals surface area contributed by atoms with Crippen molar-refractivity contribution in [1.29, 1.82) is 0 Å². The Morgan fingerprint density at radius 2 is 1.58 bits per heavy atom. The van der Waals surface area contributed by atoms with Gasteiger partial charge in [0.1, 0.15) is 6.54 Å². The molecular formula is C21H22N2O3. The minimum absolute atomic E-state index is 0.0392. The van der Waals surface area contributed by atoms with Crippen LogP contribution in [0.5, 0.6) is 0 Å². The molecule has 134 valence electrons. The van der Waals surface area contributed by atoms with Crippen molar-refractivity contribution in [3.63, 3.8) is 0 Å². The SMILES string of the molecule is CC(C)c1n(CCC(=O)O)c(-c2ccccc2)c(-c2ccccc2)[n+]1[O-]. The van der Waals surface area contributed by atoms with Crippen LogP contribution in [0.1, 0.15) is 32.0 Å². The van der Waals surface area contributed by atoms with Crippen LogP contribution in [0.4, 0.5) is 0 Å². The lowest BCUT2D eigenvalue weighted by Crippen LogP contribution is -2.34. The molecule has 3 rings (SSSR count). The van der Waals surface area contributed by atoms with E-state index < -0.39 is 5.97 Å². The van der Waals surface area contributed by atoms with Crippen LogP contribution in [0.3, 0.4) is 0 Å². The maximum absolute atomic E-state index is 13.2. The van der Waals surface area contributed by atoms with Gasteiger partial charge in [-0.2, -0.15) is 0 Å². The van der Waals surface area contributed by atoms with Gasteiger partial charge in [-0.25, -0.2) is 9.30 Å². The molecule has 0 unspecified atom stereocenters. The number of aromatic nitrogens is 2. The Morgan fingerprint density at radius 3 is 2.08 bits per heavy atom. The van der Waals surface area contributed by atoms with Gasteiger partial charge in [0.25, 0.3) is 5.82 Å². The Hall–Kier alpha value is -3.08. The molecule has 0 aliphatic carbocycles. The number of carboxylic acid groups (broad SMARTS) is 1. The lowest BCUT2D eigenvalue weighted by Gasteiger charge is -2.09. The van der Waals surface area contributed by atoms with E-state index in [1.807, 2.05) is 79.1 Å². The van der Waals surface area contributed by atoms with Gasteiger partial charge >= 0.3 is 5.97 Å². The molecule has 2 aromatic carbocycles. The van der Waals surface area contributed by atoms with E-state index in [-0.39, 0.29) is 18.9 Å². The second-order valence-corrected chi connectivity index (χ2v) is 6.53. The first-order valence-electron chi connectivity index (χ1n) is 8.69. The molecule has 0 saturated heterocycles. The smallest absolute Gasteiger partial charge is 0.307 e. The number of carboxylic acids is 1. The van der Waals surface area contributed by atoms with Crippen molar-refractivity contribution in [2.24, 2.45) is 0 Å². The van der Waals surface area contributed by atoms with E-state index in [9.17, 15) is 10.0 Å². The van der Waals surface area contributed by atoms with Gasteiger partial charge in [0.2, 0.25) is 0 Å². The van der Waals surface area contributed by atoms with Crippen molar-refractivity contribution in [3.05, 3.63) is 71.7 Å². The number of hydrogen-bond acceptors (Lipinski definition) is 2. The van der Waals surface area contributed by atoms with Crippen LogP contribution in [0, 0.1) is 5.21 Å². The third-order valence-corrected chi connectivity index (χ3v) is 4.34. The predicted molar refractivity (Wildman–Crippen MR) is 101 cm³/mol. The molecule has 0 atom stereocenters. The van der Waals surface area contributed by atoms with Gasteiger partial charge in [-0.15, -0.1) is 0 Å². The van der Waals surface area contributed by atoms with E-state index >= 15 is 0 Å². The molecule has 0 bridgehead atoms. The predicted octanol–water partition coefficient (Wildman–Crippen LogP) is 4.05. The molecular weight excluding hydrogens is 328 g/mol. The van der Waals surface area contributed by atoms with E-state index in [0.717, 1.165) is 21.6 Å². The Kier molecular flexibility index (Phi) is 5.07. The molecule has 0 spiro atoms. The molecule has 26 heavy (non-hydrogen) atoms. The Balaban J connectivity index is 2.32.